The maximum atomic E-state index is 12.8. The number of amides is 2. The molecule has 3 aromatic rings. The molecule has 1 fully saturated rings. The number of hydrogen-bond acceptors (Lipinski definition) is 5. The Labute approximate surface area is 177 Å². The van der Waals surface area contributed by atoms with Gasteiger partial charge in [-0.05, 0) is 24.3 Å². The van der Waals surface area contributed by atoms with Gasteiger partial charge in [-0.15, -0.1) is 11.3 Å². The summed E-state index contributed by atoms with van der Waals surface area (Å²) in [6.07, 6.45) is -0.403. The van der Waals surface area contributed by atoms with Gasteiger partial charge >= 0.3 is 6.09 Å². The van der Waals surface area contributed by atoms with Gasteiger partial charge in [-0.25, -0.2) is 9.78 Å². The molecule has 0 atom stereocenters. The van der Waals surface area contributed by atoms with Gasteiger partial charge < -0.3 is 14.5 Å². The quantitative estimate of drug-likeness (QED) is 0.620. The zero-order valence-corrected chi connectivity index (χ0v) is 17.0. The number of benzene rings is 2. The van der Waals surface area contributed by atoms with E-state index in [1.54, 1.807) is 33.4 Å². The molecule has 2 aromatic carbocycles. The summed E-state index contributed by atoms with van der Waals surface area (Å²) in [5, 5.41) is 3.14. The molecule has 6 nitrogen and oxygen atoms in total. The highest BCUT2D eigenvalue weighted by molar-refractivity contribution is 7.13. The summed E-state index contributed by atoms with van der Waals surface area (Å²) in [6, 6.07) is 16.3. The Morgan fingerprint density at radius 3 is 2.41 bits per heavy atom. The number of carbonyl (C=O) groups is 2. The second-order valence-corrected chi connectivity index (χ2v) is 7.80. The van der Waals surface area contributed by atoms with E-state index in [-0.39, 0.29) is 5.91 Å². The highest BCUT2D eigenvalue weighted by atomic mass is 35.5. The van der Waals surface area contributed by atoms with Crippen molar-refractivity contribution < 1.29 is 14.3 Å². The molecule has 1 aliphatic heterocycles. The van der Waals surface area contributed by atoms with E-state index in [1.165, 1.54) is 11.3 Å². The Kier molecular flexibility index (Phi) is 5.78. The van der Waals surface area contributed by atoms with Crippen LogP contribution >= 0.6 is 22.9 Å². The summed E-state index contributed by atoms with van der Waals surface area (Å²) < 4.78 is 5.36. The molecule has 0 unspecified atom stereocenters. The van der Waals surface area contributed by atoms with Gasteiger partial charge in [0.1, 0.15) is 16.5 Å². The highest BCUT2D eigenvalue weighted by Crippen LogP contribution is 2.26. The van der Waals surface area contributed by atoms with Crippen molar-refractivity contribution in [1.29, 1.82) is 0 Å². The van der Waals surface area contributed by atoms with Crippen molar-refractivity contribution >= 4 is 34.9 Å². The first-order valence-corrected chi connectivity index (χ1v) is 10.4. The van der Waals surface area contributed by atoms with Gasteiger partial charge in [0.2, 0.25) is 0 Å². The second kappa shape index (κ2) is 8.63. The third-order valence-corrected chi connectivity index (χ3v) is 5.69. The topological polar surface area (TPSA) is 62.7 Å². The molecule has 29 heavy (non-hydrogen) atoms. The Morgan fingerprint density at radius 1 is 0.966 bits per heavy atom. The number of piperazine rings is 1. The summed E-state index contributed by atoms with van der Waals surface area (Å²) in [7, 11) is 0. The van der Waals surface area contributed by atoms with Crippen molar-refractivity contribution in [3.63, 3.8) is 0 Å². The summed E-state index contributed by atoms with van der Waals surface area (Å²) in [5.41, 5.74) is 1.29. The van der Waals surface area contributed by atoms with E-state index in [2.05, 4.69) is 4.98 Å². The Hall–Kier alpha value is -2.90. The fourth-order valence-electron chi connectivity index (χ4n) is 3.03. The molecular weight excluding hydrogens is 410 g/mol. The zero-order chi connectivity index (χ0) is 20.2. The van der Waals surface area contributed by atoms with Crippen LogP contribution in [0.4, 0.5) is 4.79 Å². The molecule has 0 bridgehead atoms. The van der Waals surface area contributed by atoms with Gasteiger partial charge in [0, 0.05) is 42.1 Å². The maximum Gasteiger partial charge on any atom is 0.415 e. The average molecular weight is 428 g/mol. The number of carbonyl (C=O) groups excluding carboxylic acids is 2. The number of ether oxygens (including phenoxy) is 1. The van der Waals surface area contributed by atoms with Gasteiger partial charge in [-0.3, -0.25) is 4.79 Å². The number of rotatable bonds is 3. The van der Waals surface area contributed by atoms with E-state index in [4.69, 9.17) is 16.3 Å². The van der Waals surface area contributed by atoms with Crippen molar-refractivity contribution in [2.75, 3.05) is 26.2 Å². The van der Waals surface area contributed by atoms with Crippen LogP contribution in [0.1, 0.15) is 10.5 Å². The normalized spacial score (nSPS) is 14.0. The van der Waals surface area contributed by atoms with Gasteiger partial charge in [0.05, 0.1) is 0 Å². The Bertz CT molecular complexity index is 1020. The van der Waals surface area contributed by atoms with Crippen LogP contribution in [0.25, 0.3) is 10.6 Å². The third kappa shape index (κ3) is 4.58. The van der Waals surface area contributed by atoms with E-state index in [1.807, 2.05) is 36.4 Å². The standard InChI is InChI=1S/C21H18ClN3O3S/c22-16-6-4-5-15(13-16)19-23-18(14-29-19)20(26)24-9-11-25(12-10-24)21(27)28-17-7-2-1-3-8-17/h1-8,13-14H,9-12H2. The number of aromatic nitrogens is 1. The van der Waals surface area contributed by atoms with Crippen molar-refractivity contribution in [2.45, 2.75) is 0 Å². The van der Waals surface area contributed by atoms with E-state index in [9.17, 15) is 9.59 Å². The molecule has 1 aromatic heterocycles. The summed E-state index contributed by atoms with van der Waals surface area (Å²) >= 11 is 7.44. The number of nitrogens with zero attached hydrogens (tertiary/aromatic N) is 3. The minimum absolute atomic E-state index is 0.134. The summed E-state index contributed by atoms with van der Waals surface area (Å²) in [4.78, 5) is 32.9. The van der Waals surface area contributed by atoms with E-state index in [0.717, 1.165) is 10.6 Å². The minimum atomic E-state index is -0.403. The van der Waals surface area contributed by atoms with Gasteiger partial charge in [-0.2, -0.15) is 0 Å². The van der Waals surface area contributed by atoms with Crippen LogP contribution in [0.15, 0.2) is 60.0 Å². The molecule has 0 radical (unpaired) electrons. The van der Waals surface area contributed by atoms with E-state index < -0.39 is 6.09 Å². The predicted molar refractivity (Wildman–Crippen MR) is 113 cm³/mol. The molecule has 2 amide bonds. The van der Waals surface area contributed by atoms with Crippen LogP contribution in [0.2, 0.25) is 5.02 Å². The van der Waals surface area contributed by atoms with Crippen LogP contribution in [0.5, 0.6) is 5.75 Å². The fraction of sp³-hybridized carbons (Fsp3) is 0.190. The summed E-state index contributed by atoms with van der Waals surface area (Å²) in [6.45, 7) is 1.71. The smallest absolute Gasteiger partial charge is 0.410 e. The first-order chi connectivity index (χ1) is 14.1. The van der Waals surface area contributed by atoms with Crippen LogP contribution in [-0.2, 0) is 0 Å². The first-order valence-electron chi connectivity index (χ1n) is 9.13. The molecule has 0 saturated carbocycles. The lowest BCUT2D eigenvalue weighted by Gasteiger charge is -2.33. The lowest BCUT2D eigenvalue weighted by molar-refractivity contribution is 0.0629. The molecule has 8 heteroatoms. The third-order valence-electron chi connectivity index (χ3n) is 4.57. The van der Waals surface area contributed by atoms with Crippen LogP contribution in [-0.4, -0.2) is 53.0 Å². The van der Waals surface area contributed by atoms with Gasteiger partial charge in [-0.1, -0.05) is 41.9 Å². The second-order valence-electron chi connectivity index (χ2n) is 6.51. The molecule has 0 spiro atoms. The highest BCUT2D eigenvalue weighted by Gasteiger charge is 2.27. The van der Waals surface area contributed by atoms with Crippen molar-refractivity contribution in [1.82, 2.24) is 14.8 Å². The molecule has 0 aliphatic carbocycles. The molecule has 0 N–H and O–H groups in total. The fourth-order valence-corrected chi connectivity index (χ4v) is 4.02. The molecule has 1 saturated heterocycles. The monoisotopic (exact) mass is 427 g/mol. The van der Waals surface area contributed by atoms with Crippen LogP contribution < -0.4 is 4.74 Å². The molecule has 2 heterocycles. The van der Waals surface area contributed by atoms with Crippen LogP contribution in [0.3, 0.4) is 0 Å². The largest absolute Gasteiger partial charge is 0.415 e. The van der Waals surface area contributed by atoms with Crippen molar-refractivity contribution in [2.24, 2.45) is 0 Å². The lowest BCUT2D eigenvalue weighted by Crippen LogP contribution is -2.51. The van der Waals surface area contributed by atoms with E-state index in [0.29, 0.717) is 42.6 Å². The lowest BCUT2D eigenvalue weighted by atomic mass is 10.2. The van der Waals surface area contributed by atoms with Crippen molar-refractivity contribution in [3.8, 4) is 16.3 Å². The molecule has 4 rings (SSSR count). The molecule has 148 valence electrons. The maximum absolute atomic E-state index is 12.8. The van der Waals surface area contributed by atoms with Gasteiger partial charge in [0.15, 0.2) is 0 Å². The minimum Gasteiger partial charge on any atom is -0.410 e. The Morgan fingerprint density at radius 2 is 1.69 bits per heavy atom. The molecular formula is C21H18ClN3O3S. The Balaban J connectivity index is 1.35. The zero-order valence-electron chi connectivity index (χ0n) is 15.5. The van der Waals surface area contributed by atoms with E-state index >= 15 is 0 Å². The van der Waals surface area contributed by atoms with Gasteiger partial charge in [0.25, 0.3) is 5.91 Å². The van der Waals surface area contributed by atoms with Crippen molar-refractivity contribution in [3.05, 3.63) is 70.7 Å². The summed E-state index contributed by atoms with van der Waals surface area (Å²) in [5.74, 6) is 0.373. The predicted octanol–water partition coefficient (Wildman–Crippen LogP) is 4.42. The van der Waals surface area contributed by atoms with Crippen LogP contribution in [0, 0.1) is 0 Å². The number of thiazole rings is 1. The average Bonchev–Trinajstić information content (AvgIpc) is 3.24. The molecule has 1 aliphatic rings. The number of hydrogen-bond donors (Lipinski definition) is 0. The SMILES string of the molecule is O=C(Oc1ccccc1)N1CCN(C(=O)c2csc(-c3cccc(Cl)c3)n2)CC1. The number of halogens is 1. The first kappa shape index (κ1) is 19.4. The number of para-hydroxylation sites is 1.